The zero-order valence-corrected chi connectivity index (χ0v) is 22.0. The monoisotopic (exact) mass is 483 g/mol. The van der Waals surface area contributed by atoms with Crippen LogP contribution in [0, 0.1) is 0 Å². The van der Waals surface area contributed by atoms with Gasteiger partial charge in [0.1, 0.15) is 5.75 Å². The lowest BCUT2D eigenvalue weighted by Crippen LogP contribution is -2.35. The van der Waals surface area contributed by atoms with Crippen molar-refractivity contribution < 1.29 is 9.47 Å². The summed E-state index contributed by atoms with van der Waals surface area (Å²) in [5.74, 6) is 0.870. The Labute approximate surface area is 211 Å². The number of rotatable bonds is 13. The Morgan fingerprint density at radius 2 is 1.88 bits per heavy atom. The summed E-state index contributed by atoms with van der Waals surface area (Å²) in [5.41, 5.74) is 5.17. The summed E-state index contributed by atoms with van der Waals surface area (Å²) < 4.78 is 11.1. The SMILES string of the molecule is CCCCN1CCCc2cc(CN(CCCOCC)C(=S)Nc3ccc(OCC)cc3)ccc21. The molecule has 0 saturated carbocycles. The standard InChI is InChI=1S/C28H41N3O2S/c1-4-7-17-30-18-8-10-24-21-23(11-16-27(24)30)22-31(19-9-20-32-5-2)28(34)29-25-12-14-26(15-13-25)33-6-3/h11-16,21H,4-10,17-20,22H2,1-3H3,(H,29,34). The van der Waals surface area contributed by atoms with E-state index < -0.39 is 0 Å². The van der Waals surface area contributed by atoms with Crippen LogP contribution >= 0.6 is 12.2 Å². The molecule has 0 unspecified atom stereocenters. The van der Waals surface area contributed by atoms with Gasteiger partial charge in [-0.05, 0) is 93.2 Å². The number of ether oxygens (including phenoxy) is 2. The van der Waals surface area contributed by atoms with Gasteiger partial charge in [-0.3, -0.25) is 0 Å². The van der Waals surface area contributed by atoms with Crippen molar-refractivity contribution in [2.75, 3.05) is 49.7 Å². The average molecular weight is 484 g/mol. The van der Waals surface area contributed by atoms with E-state index in [-0.39, 0.29) is 0 Å². The van der Waals surface area contributed by atoms with Crippen LogP contribution in [0.3, 0.4) is 0 Å². The topological polar surface area (TPSA) is 37.0 Å². The maximum atomic E-state index is 5.84. The van der Waals surface area contributed by atoms with Gasteiger partial charge in [0.05, 0.1) is 6.61 Å². The molecule has 1 aliphatic rings. The van der Waals surface area contributed by atoms with Gasteiger partial charge in [0.25, 0.3) is 0 Å². The minimum absolute atomic E-state index is 0.663. The fourth-order valence-electron chi connectivity index (χ4n) is 4.39. The molecule has 0 aromatic heterocycles. The van der Waals surface area contributed by atoms with Crippen molar-refractivity contribution in [2.24, 2.45) is 0 Å². The van der Waals surface area contributed by atoms with Gasteiger partial charge >= 0.3 is 0 Å². The van der Waals surface area contributed by atoms with E-state index in [1.807, 2.05) is 38.1 Å². The molecule has 6 heteroatoms. The van der Waals surface area contributed by atoms with Gasteiger partial charge in [0, 0.05) is 50.8 Å². The quantitative estimate of drug-likeness (QED) is 0.268. The van der Waals surface area contributed by atoms with Crippen LogP contribution in [0.2, 0.25) is 0 Å². The van der Waals surface area contributed by atoms with Crippen LogP contribution in [-0.2, 0) is 17.7 Å². The third kappa shape index (κ3) is 7.88. The molecular weight excluding hydrogens is 442 g/mol. The number of unbranched alkanes of at least 4 members (excludes halogenated alkanes) is 1. The zero-order chi connectivity index (χ0) is 24.2. The molecule has 0 aliphatic carbocycles. The predicted molar refractivity (Wildman–Crippen MR) is 147 cm³/mol. The lowest BCUT2D eigenvalue weighted by molar-refractivity contribution is 0.139. The van der Waals surface area contributed by atoms with Crippen molar-refractivity contribution in [3.05, 3.63) is 53.6 Å². The van der Waals surface area contributed by atoms with Crippen LogP contribution in [0.15, 0.2) is 42.5 Å². The molecule has 0 spiro atoms. The maximum Gasteiger partial charge on any atom is 0.173 e. The second-order valence-corrected chi connectivity index (χ2v) is 9.15. The summed E-state index contributed by atoms with van der Waals surface area (Å²) in [6.07, 6.45) is 5.81. The highest BCUT2D eigenvalue weighted by molar-refractivity contribution is 7.80. The summed E-state index contributed by atoms with van der Waals surface area (Å²) in [4.78, 5) is 4.81. The number of thiocarbonyl (C=S) groups is 1. The Morgan fingerprint density at radius 3 is 2.62 bits per heavy atom. The number of hydrogen-bond donors (Lipinski definition) is 1. The zero-order valence-electron chi connectivity index (χ0n) is 21.1. The minimum Gasteiger partial charge on any atom is -0.494 e. The number of fused-ring (bicyclic) bond motifs is 1. The average Bonchev–Trinajstić information content (AvgIpc) is 2.85. The Kier molecular flexibility index (Phi) is 11.0. The van der Waals surface area contributed by atoms with Gasteiger partial charge in [0.15, 0.2) is 5.11 Å². The molecule has 34 heavy (non-hydrogen) atoms. The van der Waals surface area contributed by atoms with E-state index in [1.165, 1.54) is 42.6 Å². The molecule has 2 aromatic rings. The molecule has 0 saturated heterocycles. The summed E-state index contributed by atoms with van der Waals surface area (Å²) in [6, 6.07) is 15.0. The lowest BCUT2D eigenvalue weighted by atomic mass is 9.98. The molecule has 0 atom stereocenters. The van der Waals surface area contributed by atoms with Crippen molar-refractivity contribution >= 4 is 28.7 Å². The summed E-state index contributed by atoms with van der Waals surface area (Å²) >= 11 is 5.84. The van der Waals surface area contributed by atoms with Crippen molar-refractivity contribution in [3.8, 4) is 5.75 Å². The second kappa shape index (κ2) is 14.2. The third-order valence-corrected chi connectivity index (χ3v) is 6.50. The first kappa shape index (κ1) is 26.3. The number of nitrogens with zero attached hydrogens (tertiary/aromatic N) is 2. The maximum absolute atomic E-state index is 5.84. The van der Waals surface area contributed by atoms with Gasteiger partial charge in [-0.2, -0.15) is 0 Å². The van der Waals surface area contributed by atoms with Crippen molar-refractivity contribution in [1.29, 1.82) is 0 Å². The Hall–Kier alpha value is -2.31. The molecular formula is C28H41N3O2S. The van der Waals surface area contributed by atoms with E-state index >= 15 is 0 Å². The van der Waals surface area contributed by atoms with Crippen molar-refractivity contribution in [3.63, 3.8) is 0 Å². The Bertz CT molecular complexity index is 888. The minimum atomic E-state index is 0.663. The fourth-order valence-corrected chi connectivity index (χ4v) is 4.66. The van der Waals surface area contributed by atoms with E-state index in [0.717, 1.165) is 62.2 Å². The van der Waals surface area contributed by atoms with Gasteiger partial charge < -0.3 is 24.6 Å². The van der Waals surface area contributed by atoms with Crippen LogP contribution in [0.5, 0.6) is 5.75 Å². The first-order valence-electron chi connectivity index (χ1n) is 12.9. The van der Waals surface area contributed by atoms with E-state index in [4.69, 9.17) is 21.7 Å². The Morgan fingerprint density at radius 1 is 1.06 bits per heavy atom. The number of hydrogen-bond acceptors (Lipinski definition) is 4. The van der Waals surface area contributed by atoms with Gasteiger partial charge in [-0.1, -0.05) is 25.5 Å². The van der Waals surface area contributed by atoms with Crippen LogP contribution < -0.4 is 15.0 Å². The summed E-state index contributed by atoms with van der Waals surface area (Å²) in [6.45, 7) is 12.4. The summed E-state index contributed by atoms with van der Waals surface area (Å²) in [7, 11) is 0. The molecule has 0 bridgehead atoms. The van der Waals surface area contributed by atoms with Gasteiger partial charge in [-0.25, -0.2) is 0 Å². The van der Waals surface area contributed by atoms with Gasteiger partial charge in [-0.15, -0.1) is 0 Å². The molecule has 186 valence electrons. The number of benzene rings is 2. The first-order chi connectivity index (χ1) is 16.6. The predicted octanol–water partition coefficient (Wildman–Crippen LogP) is 6.26. The van der Waals surface area contributed by atoms with Crippen molar-refractivity contribution in [2.45, 2.75) is 59.4 Å². The molecule has 5 nitrogen and oxygen atoms in total. The number of aryl methyl sites for hydroxylation is 1. The number of nitrogens with one attached hydrogen (secondary N) is 1. The molecule has 2 aromatic carbocycles. The second-order valence-electron chi connectivity index (χ2n) is 8.77. The van der Waals surface area contributed by atoms with E-state index in [1.54, 1.807) is 0 Å². The Balaban J connectivity index is 1.69. The van der Waals surface area contributed by atoms with E-state index in [0.29, 0.717) is 6.61 Å². The lowest BCUT2D eigenvalue weighted by Gasteiger charge is -2.32. The highest BCUT2D eigenvalue weighted by atomic mass is 32.1. The normalized spacial score (nSPS) is 12.9. The highest BCUT2D eigenvalue weighted by Crippen LogP contribution is 2.29. The molecule has 1 aliphatic heterocycles. The smallest absolute Gasteiger partial charge is 0.173 e. The van der Waals surface area contributed by atoms with Crippen LogP contribution in [0.1, 0.15) is 57.6 Å². The number of anilines is 2. The molecule has 3 rings (SSSR count). The summed E-state index contributed by atoms with van der Waals surface area (Å²) in [5, 5.41) is 4.16. The largest absolute Gasteiger partial charge is 0.494 e. The third-order valence-electron chi connectivity index (χ3n) is 6.14. The fraction of sp³-hybridized carbons (Fsp3) is 0.536. The highest BCUT2D eigenvalue weighted by Gasteiger charge is 2.18. The molecule has 0 amide bonds. The molecule has 0 radical (unpaired) electrons. The molecule has 0 fully saturated rings. The molecule has 1 heterocycles. The van der Waals surface area contributed by atoms with E-state index in [9.17, 15) is 0 Å². The first-order valence-corrected chi connectivity index (χ1v) is 13.3. The van der Waals surface area contributed by atoms with Crippen molar-refractivity contribution in [1.82, 2.24) is 4.90 Å². The van der Waals surface area contributed by atoms with Crippen LogP contribution in [0.25, 0.3) is 0 Å². The van der Waals surface area contributed by atoms with Crippen LogP contribution in [0.4, 0.5) is 11.4 Å². The van der Waals surface area contributed by atoms with Crippen LogP contribution in [-0.4, -0.2) is 49.5 Å². The molecule has 1 N–H and O–H groups in total. The van der Waals surface area contributed by atoms with E-state index in [2.05, 4.69) is 40.2 Å². The van der Waals surface area contributed by atoms with Gasteiger partial charge in [0.2, 0.25) is 0 Å².